The van der Waals surface area contributed by atoms with E-state index in [1.54, 1.807) is 0 Å². The third kappa shape index (κ3) is 3.72. The number of hydrogen-bond acceptors (Lipinski definition) is 2. The number of aliphatic carboxylic acids is 1. The van der Waals surface area contributed by atoms with Gasteiger partial charge in [-0.05, 0) is 5.92 Å². The molecule has 0 amide bonds. The Labute approximate surface area is 74.6 Å². The maximum atomic E-state index is 10.8. The number of carboxylic acids is 1. The number of likely N-dealkylation sites (N-methyl/N-ethyl adjacent to an activating group) is 1. The van der Waals surface area contributed by atoms with Crippen LogP contribution in [0.15, 0.2) is 0 Å². The van der Waals surface area contributed by atoms with Gasteiger partial charge in [-0.25, -0.2) is 0 Å². The molecule has 0 aromatic carbocycles. The second-order valence-electron chi connectivity index (χ2n) is 4.58. The number of carbonyl (C=O) groups is 1. The molecular weight excluding hydrogens is 154 g/mol. The quantitative estimate of drug-likeness (QED) is 0.555. The molecule has 0 aromatic rings. The lowest BCUT2D eigenvalue weighted by Crippen LogP contribution is -2.55. The van der Waals surface area contributed by atoms with Crippen molar-refractivity contribution in [3.63, 3.8) is 0 Å². The fraction of sp³-hybridized carbons (Fsp3) is 0.889. The molecule has 3 heteroatoms. The van der Waals surface area contributed by atoms with E-state index in [-0.39, 0.29) is 0 Å². The molecule has 1 atom stereocenters. The molecule has 0 aromatic heterocycles. The zero-order chi connectivity index (χ0) is 9.94. The van der Waals surface area contributed by atoms with E-state index in [1.807, 2.05) is 35.0 Å². The Morgan fingerprint density at radius 3 is 1.83 bits per heavy atom. The summed E-state index contributed by atoms with van der Waals surface area (Å²) in [4.78, 5) is 10.8. The molecule has 0 rings (SSSR count). The third-order valence-corrected chi connectivity index (χ3v) is 1.90. The predicted molar refractivity (Wildman–Crippen MR) is 46.3 cm³/mol. The molecular formula is C9H19NO2. The van der Waals surface area contributed by atoms with Crippen molar-refractivity contribution < 1.29 is 14.4 Å². The van der Waals surface area contributed by atoms with Crippen LogP contribution in [0.5, 0.6) is 0 Å². The van der Waals surface area contributed by atoms with Crippen LogP contribution in [-0.4, -0.2) is 37.6 Å². The monoisotopic (exact) mass is 173 g/mol. The highest BCUT2D eigenvalue weighted by Crippen LogP contribution is 2.12. The maximum absolute atomic E-state index is 10.8. The van der Waals surface area contributed by atoms with Gasteiger partial charge in [-0.2, -0.15) is 0 Å². The van der Waals surface area contributed by atoms with Crippen LogP contribution in [0.4, 0.5) is 0 Å². The maximum Gasteiger partial charge on any atom is 0.129 e. The van der Waals surface area contributed by atoms with Gasteiger partial charge in [0.05, 0.1) is 27.1 Å². The number of carboxylic acid groups (broad SMARTS) is 1. The Morgan fingerprint density at radius 2 is 1.75 bits per heavy atom. The lowest BCUT2D eigenvalue weighted by molar-refractivity contribution is -0.890. The summed E-state index contributed by atoms with van der Waals surface area (Å²) in [5.41, 5.74) is 0. The molecule has 0 bridgehead atoms. The van der Waals surface area contributed by atoms with Crippen molar-refractivity contribution >= 4 is 5.97 Å². The second-order valence-corrected chi connectivity index (χ2v) is 4.58. The molecule has 12 heavy (non-hydrogen) atoms. The highest BCUT2D eigenvalue weighted by Gasteiger charge is 2.25. The first kappa shape index (κ1) is 11.4. The summed E-state index contributed by atoms with van der Waals surface area (Å²) < 4.78 is 0.431. The first-order valence-corrected chi connectivity index (χ1v) is 4.27. The molecule has 0 saturated carbocycles. The van der Waals surface area contributed by atoms with E-state index in [0.717, 1.165) is 0 Å². The molecule has 0 N–H and O–H groups in total. The van der Waals surface area contributed by atoms with Crippen LogP contribution < -0.4 is 5.11 Å². The average Bonchev–Trinajstić information content (AvgIpc) is 1.79. The molecule has 0 heterocycles. The summed E-state index contributed by atoms with van der Waals surface area (Å²) >= 11 is 0. The topological polar surface area (TPSA) is 40.1 Å². The van der Waals surface area contributed by atoms with Crippen molar-refractivity contribution in [1.82, 2.24) is 0 Å². The number of quaternary nitrogens is 1. The molecule has 0 aliphatic heterocycles. The van der Waals surface area contributed by atoms with E-state index >= 15 is 0 Å². The summed E-state index contributed by atoms with van der Waals surface area (Å²) in [5, 5.41) is 10.8. The molecule has 72 valence electrons. The molecule has 0 radical (unpaired) electrons. The predicted octanol–water partition coefficient (Wildman–Crippen LogP) is -0.143. The van der Waals surface area contributed by atoms with E-state index in [4.69, 9.17) is 0 Å². The first-order chi connectivity index (χ1) is 5.25. The Bertz CT molecular complexity index is 158. The SMILES string of the molecule is CC(C)CC(C(=O)[O-])[N+](C)(C)C. The number of hydrogen-bond donors (Lipinski definition) is 0. The Morgan fingerprint density at radius 1 is 1.33 bits per heavy atom. The van der Waals surface area contributed by atoms with Crippen molar-refractivity contribution in [3.05, 3.63) is 0 Å². The smallest absolute Gasteiger partial charge is 0.129 e. The van der Waals surface area contributed by atoms with Gasteiger partial charge in [0.1, 0.15) is 6.04 Å². The zero-order valence-electron chi connectivity index (χ0n) is 8.63. The van der Waals surface area contributed by atoms with Crippen molar-refractivity contribution in [3.8, 4) is 0 Å². The van der Waals surface area contributed by atoms with Crippen molar-refractivity contribution in [1.29, 1.82) is 0 Å². The summed E-state index contributed by atoms with van der Waals surface area (Å²) in [6, 6.07) is -0.398. The van der Waals surface area contributed by atoms with E-state index < -0.39 is 12.0 Å². The largest absolute Gasteiger partial charge is 0.544 e. The van der Waals surface area contributed by atoms with Crippen LogP contribution in [0.1, 0.15) is 20.3 Å². The van der Waals surface area contributed by atoms with Crippen molar-refractivity contribution in [2.75, 3.05) is 21.1 Å². The molecule has 0 saturated heterocycles. The van der Waals surface area contributed by atoms with Crippen molar-refractivity contribution in [2.45, 2.75) is 26.3 Å². The van der Waals surface area contributed by atoms with Gasteiger partial charge in [0, 0.05) is 6.42 Å². The molecule has 0 fully saturated rings. The van der Waals surface area contributed by atoms with E-state index in [1.165, 1.54) is 0 Å². The van der Waals surface area contributed by atoms with Crippen molar-refractivity contribution in [2.24, 2.45) is 5.92 Å². The number of rotatable bonds is 4. The lowest BCUT2D eigenvalue weighted by Gasteiger charge is -2.35. The fourth-order valence-corrected chi connectivity index (χ4v) is 1.18. The molecule has 0 aliphatic carbocycles. The van der Waals surface area contributed by atoms with Crippen LogP contribution in [0.25, 0.3) is 0 Å². The fourth-order valence-electron chi connectivity index (χ4n) is 1.18. The lowest BCUT2D eigenvalue weighted by atomic mass is 10.0. The Kier molecular flexibility index (Phi) is 3.71. The molecule has 3 nitrogen and oxygen atoms in total. The summed E-state index contributed by atoms with van der Waals surface area (Å²) in [7, 11) is 5.63. The van der Waals surface area contributed by atoms with Crippen LogP contribution >= 0.6 is 0 Å². The van der Waals surface area contributed by atoms with Gasteiger partial charge in [0.2, 0.25) is 0 Å². The van der Waals surface area contributed by atoms with Crippen LogP contribution in [0, 0.1) is 5.92 Å². The highest BCUT2D eigenvalue weighted by molar-refractivity contribution is 5.69. The average molecular weight is 173 g/mol. The second kappa shape index (κ2) is 3.90. The minimum atomic E-state index is -0.948. The molecule has 0 spiro atoms. The van der Waals surface area contributed by atoms with Gasteiger partial charge in [-0.3, -0.25) is 0 Å². The Balaban J connectivity index is 4.35. The summed E-state index contributed by atoms with van der Waals surface area (Å²) in [6.07, 6.45) is 0.672. The van der Waals surface area contributed by atoms with Gasteiger partial charge in [0.25, 0.3) is 0 Å². The minimum absolute atomic E-state index is 0.394. The van der Waals surface area contributed by atoms with Gasteiger partial charge < -0.3 is 14.4 Å². The van der Waals surface area contributed by atoms with E-state index in [2.05, 4.69) is 0 Å². The number of carbonyl (C=O) groups excluding carboxylic acids is 1. The Hall–Kier alpha value is -0.570. The van der Waals surface area contributed by atoms with Gasteiger partial charge >= 0.3 is 0 Å². The van der Waals surface area contributed by atoms with Crippen LogP contribution in [0.3, 0.4) is 0 Å². The first-order valence-electron chi connectivity index (χ1n) is 4.27. The minimum Gasteiger partial charge on any atom is -0.544 e. The van der Waals surface area contributed by atoms with Crippen LogP contribution in [0.2, 0.25) is 0 Å². The zero-order valence-corrected chi connectivity index (χ0v) is 8.63. The highest BCUT2D eigenvalue weighted by atomic mass is 16.4. The van der Waals surface area contributed by atoms with E-state index in [9.17, 15) is 9.90 Å². The van der Waals surface area contributed by atoms with Crippen LogP contribution in [-0.2, 0) is 4.79 Å². The van der Waals surface area contributed by atoms with Gasteiger partial charge in [-0.1, -0.05) is 13.8 Å². The normalized spacial score (nSPS) is 14.8. The standard InChI is InChI=1S/C9H19NO2/c1-7(2)6-8(9(11)12)10(3,4)5/h7-8H,6H2,1-5H3. The molecule has 0 aliphatic rings. The summed E-state index contributed by atoms with van der Waals surface area (Å²) in [6.45, 7) is 4.04. The third-order valence-electron chi connectivity index (χ3n) is 1.90. The summed E-state index contributed by atoms with van der Waals surface area (Å²) in [5.74, 6) is -0.554. The van der Waals surface area contributed by atoms with Gasteiger partial charge in [0.15, 0.2) is 0 Å². The van der Waals surface area contributed by atoms with E-state index in [0.29, 0.717) is 16.8 Å². The number of nitrogens with zero attached hydrogens (tertiary/aromatic N) is 1. The molecule has 1 unspecified atom stereocenters. The van der Waals surface area contributed by atoms with Gasteiger partial charge in [-0.15, -0.1) is 0 Å².